The number of nitrogens with zero attached hydrogens (tertiary/aromatic N) is 3. The van der Waals surface area contributed by atoms with Gasteiger partial charge in [0.05, 0.1) is 32.6 Å². The fourth-order valence-corrected chi connectivity index (χ4v) is 5.92. The number of aromatic nitrogens is 2. The van der Waals surface area contributed by atoms with E-state index in [9.17, 15) is 27.4 Å². The largest absolute Gasteiger partial charge is 0.417 e. The average Bonchev–Trinajstić information content (AvgIpc) is 3.69. The smallest absolute Gasteiger partial charge is 0.342 e. The minimum absolute atomic E-state index is 0.0950. The lowest BCUT2D eigenvalue weighted by Gasteiger charge is -2.24. The molecule has 2 saturated carbocycles. The zero-order valence-corrected chi connectivity index (χ0v) is 18.4. The Labute approximate surface area is 190 Å². The number of rotatable bonds is 6. The van der Waals surface area contributed by atoms with Crippen LogP contribution in [-0.2, 0) is 21.8 Å². The molecule has 1 aliphatic heterocycles. The van der Waals surface area contributed by atoms with Crippen LogP contribution < -0.4 is 10.2 Å². The Hall–Kier alpha value is -2.87. The lowest BCUT2D eigenvalue weighted by atomic mass is 10.1. The number of H-pyrrole nitrogens is 1. The summed E-state index contributed by atoms with van der Waals surface area (Å²) in [6.45, 7) is 0.116. The van der Waals surface area contributed by atoms with Crippen molar-refractivity contribution in [2.24, 2.45) is 0 Å². The van der Waals surface area contributed by atoms with Gasteiger partial charge in [-0.25, -0.2) is 0 Å². The van der Waals surface area contributed by atoms with Crippen LogP contribution in [0, 0.1) is 11.3 Å². The lowest BCUT2D eigenvalue weighted by molar-refractivity contribution is -0.139. The minimum Gasteiger partial charge on any atom is -0.342 e. The van der Waals surface area contributed by atoms with Gasteiger partial charge in [0.2, 0.25) is 5.91 Å². The van der Waals surface area contributed by atoms with E-state index >= 15 is 0 Å². The molecule has 1 saturated heterocycles. The van der Waals surface area contributed by atoms with Crippen LogP contribution in [0.5, 0.6) is 0 Å². The monoisotopic (exact) mass is 477 g/mol. The molecule has 7 nitrogen and oxygen atoms in total. The zero-order chi connectivity index (χ0) is 23.4. The molecule has 2 heterocycles. The average molecular weight is 478 g/mol. The normalized spacial score (nSPS) is 24.8. The summed E-state index contributed by atoms with van der Waals surface area (Å²) in [7, 11) is -1.99. The summed E-state index contributed by atoms with van der Waals surface area (Å²) >= 11 is 0. The van der Waals surface area contributed by atoms with Gasteiger partial charge in [-0.15, -0.1) is 0 Å². The molecule has 3 fully saturated rings. The molecule has 0 bridgehead atoms. The van der Waals surface area contributed by atoms with Gasteiger partial charge in [0.15, 0.2) is 5.82 Å². The number of carbonyl (C=O) groups is 1. The molecule has 11 heteroatoms. The van der Waals surface area contributed by atoms with Gasteiger partial charge in [0.25, 0.3) is 0 Å². The SMILES string of the molecule is N#CC1(NC(=O)C2CC(S(=O)c3ccccc3C(F)(F)F)CN2c2cc(C3CC3)[nH]n2)CC1. The number of hydrogen-bond donors (Lipinski definition) is 2. The number of carbonyl (C=O) groups excluding carboxylic acids is 1. The van der Waals surface area contributed by atoms with Gasteiger partial charge in [-0.3, -0.25) is 14.1 Å². The maximum absolute atomic E-state index is 13.5. The van der Waals surface area contributed by atoms with E-state index in [-0.39, 0.29) is 17.9 Å². The van der Waals surface area contributed by atoms with Gasteiger partial charge in [0.1, 0.15) is 11.6 Å². The highest BCUT2D eigenvalue weighted by molar-refractivity contribution is 7.85. The van der Waals surface area contributed by atoms with Crippen LogP contribution in [0.3, 0.4) is 0 Å². The first-order valence-corrected chi connectivity index (χ1v) is 12.0. The van der Waals surface area contributed by atoms with Crippen LogP contribution >= 0.6 is 0 Å². The molecule has 174 valence electrons. The summed E-state index contributed by atoms with van der Waals surface area (Å²) in [6.07, 6.45) is -1.31. The van der Waals surface area contributed by atoms with Crippen molar-refractivity contribution in [3.8, 4) is 6.07 Å². The quantitative estimate of drug-likeness (QED) is 0.665. The number of amides is 1. The predicted molar refractivity (Wildman–Crippen MR) is 114 cm³/mol. The van der Waals surface area contributed by atoms with Crippen LogP contribution in [0.1, 0.15) is 49.3 Å². The molecule has 3 unspecified atom stereocenters. The number of nitriles is 1. The van der Waals surface area contributed by atoms with Crippen molar-refractivity contribution in [2.75, 3.05) is 11.4 Å². The number of nitrogens with one attached hydrogen (secondary N) is 2. The fourth-order valence-electron chi connectivity index (χ4n) is 4.30. The maximum Gasteiger partial charge on any atom is 0.417 e. The first kappa shape index (κ1) is 21.9. The molecule has 2 aliphatic carbocycles. The van der Waals surface area contributed by atoms with E-state index in [1.165, 1.54) is 18.2 Å². The van der Waals surface area contributed by atoms with Crippen LogP contribution in [-0.4, -0.2) is 43.7 Å². The second kappa shape index (κ2) is 7.87. The van der Waals surface area contributed by atoms with Crippen molar-refractivity contribution < 1.29 is 22.2 Å². The van der Waals surface area contributed by atoms with Crippen LogP contribution in [0.2, 0.25) is 0 Å². The second-order valence-electron chi connectivity index (χ2n) is 8.96. The van der Waals surface area contributed by atoms with E-state index in [0.29, 0.717) is 24.6 Å². The summed E-state index contributed by atoms with van der Waals surface area (Å²) in [5.41, 5.74) is -0.861. The van der Waals surface area contributed by atoms with Crippen LogP contribution in [0.4, 0.5) is 19.0 Å². The van der Waals surface area contributed by atoms with E-state index in [4.69, 9.17) is 0 Å². The highest BCUT2D eigenvalue weighted by atomic mass is 32.2. The third kappa shape index (κ3) is 4.24. The molecule has 2 N–H and O–H groups in total. The number of halogens is 3. The summed E-state index contributed by atoms with van der Waals surface area (Å²) in [5, 5.41) is 18.7. The third-order valence-electron chi connectivity index (χ3n) is 6.50. The Bertz CT molecular complexity index is 1150. The van der Waals surface area contributed by atoms with E-state index in [1.54, 1.807) is 4.90 Å². The molecule has 2 aromatic rings. The summed E-state index contributed by atoms with van der Waals surface area (Å²) in [4.78, 5) is 14.5. The van der Waals surface area contributed by atoms with Gasteiger partial charge in [0, 0.05) is 24.2 Å². The van der Waals surface area contributed by atoms with Crippen molar-refractivity contribution in [2.45, 2.75) is 65.9 Å². The first-order chi connectivity index (χ1) is 15.7. The van der Waals surface area contributed by atoms with Crippen LogP contribution in [0.25, 0.3) is 0 Å². The molecular weight excluding hydrogens is 455 g/mol. The van der Waals surface area contributed by atoms with Crippen molar-refractivity contribution in [1.29, 1.82) is 5.26 Å². The predicted octanol–water partition coefficient (Wildman–Crippen LogP) is 3.23. The molecule has 3 aliphatic rings. The van der Waals surface area contributed by atoms with Gasteiger partial charge in [-0.05, 0) is 44.2 Å². The topological polar surface area (TPSA) is 102 Å². The van der Waals surface area contributed by atoms with Crippen molar-refractivity contribution in [1.82, 2.24) is 15.5 Å². The first-order valence-electron chi connectivity index (χ1n) is 10.8. The zero-order valence-electron chi connectivity index (χ0n) is 17.6. The molecule has 1 aromatic heterocycles. The highest BCUT2D eigenvalue weighted by Crippen LogP contribution is 2.42. The maximum atomic E-state index is 13.5. The van der Waals surface area contributed by atoms with E-state index in [2.05, 4.69) is 21.6 Å². The van der Waals surface area contributed by atoms with Gasteiger partial charge in [-0.1, -0.05) is 12.1 Å². The molecule has 3 atom stereocenters. The summed E-state index contributed by atoms with van der Waals surface area (Å²) < 4.78 is 53.8. The van der Waals surface area contributed by atoms with Gasteiger partial charge in [-0.2, -0.15) is 23.5 Å². The Morgan fingerprint density at radius 3 is 2.67 bits per heavy atom. The van der Waals surface area contributed by atoms with Gasteiger partial charge < -0.3 is 10.2 Å². The van der Waals surface area contributed by atoms with Crippen LogP contribution in [0.15, 0.2) is 35.2 Å². The number of aromatic amines is 1. The molecular formula is C22H22F3N5O2S. The van der Waals surface area contributed by atoms with Gasteiger partial charge >= 0.3 is 6.18 Å². The fraction of sp³-hybridized carbons (Fsp3) is 0.500. The van der Waals surface area contributed by atoms with Crippen molar-refractivity contribution in [3.63, 3.8) is 0 Å². The van der Waals surface area contributed by atoms with Crippen molar-refractivity contribution in [3.05, 3.63) is 41.6 Å². The Morgan fingerprint density at radius 1 is 1.30 bits per heavy atom. The van der Waals surface area contributed by atoms with Crippen molar-refractivity contribution >= 4 is 22.5 Å². The molecule has 33 heavy (non-hydrogen) atoms. The lowest BCUT2D eigenvalue weighted by Crippen LogP contribution is -2.47. The minimum atomic E-state index is -4.63. The molecule has 0 spiro atoms. The number of anilines is 1. The standard InChI is InChI=1S/C22H22F3N5O2S/c23-22(24,25)15-3-1-2-4-18(15)33(32)14-9-17(20(31)27-21(12-26)7-8-21)30(11-14)19-10-16(28-29-19)13-5-6-13/h1-4,10,13-14,17H,5-9,11H2,(H,27,31)(H,28,29). The third-order valence-corrected chi connectivity index (χ3v) is 8.24. The highest BCUT2D eigenvalue weighted by Gasteiger charge is 2.49. The van der Waals surface area contributed by atoms with E-state index in [0.717, 1.165) is 24.6 Å². The Kier molecular flexibility index (Phi) is 5.23. The second-order valence-corrected chi connectivity index (χ2v) is 10.7. The van der Waals surface area contributed by atoms with E-state index in [1.807, 2.05) is 6.07 Å². The molecule has 1 aromatic carbocycles. The summed E-state index contributed by atoms with van der Waals surface area (Å²) in [6, 6.07) is 8.03. The Balaban J connectivity index is 1.43. The molecule has 5 rings (SSSR count). The summed E-state index contributed by atoms with van der Waals surface area (Å²) in [5.74, 6) is 0.508. The molecule has 1 amide bonds. The Morgan fingerprint density at radius 2 is 2.03 bits per heavy atom. The van der Waals surface area contributed by atoms with E-state index < -0.39 is 45.3 Å². The number of hydrogen-bond acceptors (Lipinski definition) is 5. The number of benzene rings is 1. The number of alkyl halides is 3. The molecule has 0 radical (unpaired) electrons.